The van der Waals surface area contributed by atoms with Gasteiger partial charge in [-0.2, -0.15) is 0 Å². The van der Waals surface area contributed by atoms with E-state index < -0.39 is 12.1 Å². The monoisotopic (exact) mass is 1200 g/mol. The van der Waals surface area contributed by atoms with Gasteiger partial charge in [0.1, 0.15) is 0 Å². The number of ether oxygens (including phenoxy) is 1. The number of esters is 1. The van der Waals surface area contributed by atoms with E-state index in [-0.39, 0.29) is 18.5 Å². The summed E-state index contributed by atoms with van der Waals surface area (Å²) in [5.41, 5.74) is 0. The molecule has 85 heavy (non-hydrogen) atoms. The maximum absolute atomic E-state index is 12.5. The molecule has 0 aliphatic heterocycles. The molecule has 0 aromatic rings. The molecule has 0 fully saturated rings. The highest BCUT2D eigenvalue weighted by Crippen LogP contribution is 2.20. The Balaban J connectivity index is 3.30. The lowest BCUT2D eigenvalue weighted by atomic mass is 10.0. The number of hydrogen-bond acceptors (Lipinski definition) is 5. The lowest BCUT2D eigenvalue weighted by Crippen LogP contribution is -2.45. The second kappa shape index (κ2) is 75.1. The predicted molar refractivity (Wildman–Crippen MR) is 375 cm³/mol. The van der Waals surface area contributed by atoms with E-state index in [2.05, 4.69) is 19.2 Å². The summed E-state index contributed by atoms with van der Waals surface area (Å²) in [7, 11) is 0. The minimum atomic E-state index is -0.840. The highest BCUT2D eigenvalue weighted by Gasteiger charge is 2.18. The van der Waals surface area contributed by atoms with E-state index >= 15 is 0 Å². The number of aliphatic hydroxyl groups is 2. The van der Waals surface area contributed by atoms with Gasteiger partial charge in [0, 0.05) is 12.8 Å². The van der Waals surface area contributed by atoms with Crippen molar-refractivity contribution in [2.45, 2.75) is 469 Å². The van der Waals surface area contributed by atoms with Gasteiger partial charge in [-0.1, -0.05) is 424 Å². The lowest BCUT2D eigenvalue weighted by molar-refractivity contribution is -0.143. The molecule has 1 amide bonds. The highest BCUT2D eigenvalue weighted by molar-refractivity contribution is 5.76. The third-order valence-electron chi connectivity index (χ3n) is 18.8. The van der Waals surface area contributed by atoms with Crippen molar-refractivity contribution in [3.8, 4) is 0 Å². The van der Waals surface area contributed by atoms with Crippen LogP contribution < -0.4 is 5.32 Å². The maximum Gasteiger partial charge on any atom is 0.305 e. The smallest absolute Gasteiger partial charge is 0.305 e. The number of unbranched alkanes of at least 4 members (excludes halogenated alkanes) is 64. The van der Waals surface area contributed by atoms with Crippen molar-refractivity contribution in [3.63, 3.8) is 0 Å². The zero-order valence-electron chi connectivity index (χ0n) is 58.1. The second-order valence-corrected chi connectivity index (χ2v) is 27.4. The van der Waals surface area contributed by atoms with E-state index in [1.807, 2.05) is 6.08 Å². The van der Waals surface area contributed by atoms with Crippen LogP contribution in [0.2, 0.25) is 0 Å². The third kappa shape index (κ3) is 71.6. The van der Waals surface area contributed by atoms with E-state index in [9.17, 15) is 19.8 Å². The first kappa shape index (κ1) is 83.6. The summed E-state index contributed by atoms with van der Waals surface area (Å²) in [6, 6.07) is -0.623. The van der Waals surface area contributed by atoms with Gasteiger partial charge in [-0.15, -0.1) is 0 Å². The van der Waals surface area contributed by atoms with Gasteiger partial charge in [0.15, 0.2) is 0 Å². The molecule has 0 aromatic heterocycles. The number of hydrogen-bond donors (Lipinski definition) is 3. The number of carbonyl (C=O) groups is 2. The van der Waals surface area contributed by atoms with Crippen molar-refractivity contribution >= 4 is 11.9 Å². The predicted octanol–water partition coefficient (Wildman–Crippen LogP) is 25.9. The first-order valence-corrected chi connectivity index (χ1v) is 39.5. The normalized spacial score (nSPS) is 12.5. The van der Waals surface area contributed by atoms with Crippen molar-refractivity contribution in [1.29, 1.82) is 0 Å². The zero-order valence-corrected chi connectivity index (χ0v) is 58.1. The van der Waals surface area contributed by atoms with Crippen LogP contribution in [0.15, 0.2) is 12.2 Å². The Morgan fingerprint density at radius 2 is 0.541 bits per heavy atom. The molecule has 0 spiro atoms. The Hall–Kier alpha value is -1.40. The van der Waals surface area contributed by atoms with Crippen LogP contribution in [0.4, 0.5) is 0 Å². The SMILES string of the molecule is CCCCCCCCCCCCCCCC/C=C/C(O)C(CO)NC(=O)CCCCCCCCCCCCCCCCCCCCCCCCCCCCCCCCCCCCCCCOC(=O)CCCCCCCCCCCCCCCCC. The van der Waals surface area contributed by atoms with Gasteiger partial charge in [0.25, 0.3) is 0 Å². The summed E-state index contributed by atoms with van der Waals surface area (Å²) in [5.74, 6) is -0.0313. The Morgan fingerprint density at radius 3 is 0.800 bits per heavy atom. The van der Waals surface area contributed by atoms with Crippen LogP contribution in [-0.2, 0) is 14.3 Å². The Bertz CT molecular complexity index is 1290. The van der Waals surface area contributed by atoms with Crippen molar-refractivity contribution in [2.75, 3.05) is 13.2 Å². The molecule has 0 aliphatic carbocycles. The number of amides is 1. The van der Waals surface area contributed by atoms with Gasteiger partial charge in [0.2, 0.25) is 5.91 Å². The standard InChI is InChI=1S/C79H155NO5/c1-3-5-7-9-11-13-15-17-19-44-47-51-55-59-63-67-71-77(82)76(75-81)80-78(83)72-68-64-60-56-52-48-45-41-39-37-35-33-31-29-27-25-23-21-20-22-24-26-28-30-32-34-36-38-40-42-46-50-54-58-62-66-70-74-85-79(84)73-69-65-61-57-53-49-43-18-16-14-12-10-8-6-4-2/h67,71,76-77,81-82H,3-66,68-70,72-75H2,1-2H3,(H,80,83)/b71-67+. The van der Waals surface area contributed by atoms with E-state index in [4.69, 9.17) is 4.74 Å². The molecule has 0 saturated heterocycles. The first-order valence-electron chi connectivity index (χ1n) is 39.5. The summed E-state index contributed by atoms with van der Waals surface area (Å²) >= 11 is 0. The van der Waals surface area contributed by atoms with Crippen LogP contribution in [0.5, 0.6) is 0 Å². The molecule has 506 valence electrons. The van der Waals surface area contributed by atoms with Crippen molar-refractivity contribution in [3.05, 3.63) is 12.2 Å². The maximum atomic E-state index is 12.5. The highest BCUT2D eigenvalue weighted by atomic mass is 16.5. The molecule has 0 rings (SSSR count). The quantitative estimate of drug-likeness (QED) is 0.0320. The number of aliphatic hydroxyl groups excluding tert-OH is 2. The molecule has 6 heteroatoms. The minimum absolute atomic E-state index is 0.0272. The summed E-state index contributed by atoms with van der Waals surface area (Å²) in [6.07, 6.45) is 94.9. The van der Waals surface area contributed by atoms with Crippen LogP contribution in [0.1, 0.15) is 457 Å². The molecule has 6 nitrogen and oxygen atoms in total. The number of carbonyl (C=O) groups excluding carboxylic acids is 2. The largest absolute Gasteiger partial charge is 0.466 e. The molecule has 2 unspecified atom stereocenters. The van der Waals surface area contributed by atoms with Crippen LogP contribution in [0.25, 0.3) is 0 Å². The summed E-state index contributed by atoms with van der Waals surface area (Å²) in [5, 5.41) is 23.2. The third-order valence-corrected chi connectivity index (χ3v) is 18.8. The fourth-order valence-electron chi connectivity index (χ4n) is 12.8. The van der Waals surface area contributed by atoms with Crippen molar-refractivity contribution in [2.24, 2.45) is 0 Å². The molecule has 0 bridgehead atoms. The van der Waals surface area contributed by atoms with E-state index in [1.165, 1.54) is 392 Å². The lowest BCUT2D eigenvalue weighted by Gasteiger charge is -2.20. The zero-order chi connectivity index (χ0) is 61.3. The molecule has 0 saturated carbocycles. The summed E-state index contributed by atoms with van der Waals surface area (Å²) < 4.78 is 5.51. The number of allylic oxidation sites excluding steroid dienone is 1. The van der Waals surface area contributed by atoms with E-state index in [0.717, 1.165) is 38.5 Å². The molecule has 2 atom stereocenters. The van der Waals surface area contributed by atoms with Gasteiger partial charge < -0.3 is 20.3 Å². The fourth-order valence-corrected chi connectivity index (χ4v) is 12.8. The van der Waals surface area contributed by atoms with Crippen LogP contribution in [0.3, 0.4) is 0 Å². The fraction of sp³-hybridized carbons (Fsp3) is 0.949. The van der Waals surface area contributed by atoms with E-state index in [0.29, 0.717) is 19.4 Å². The molecule has 0 aromatic carbocycles. The topological polar surface area (TPSA) is 95.9 Å². The molecule has 0 aliphatic rings. The molecular formula is C79H155NO5. The van der Waals surface area contributed by atoms with Crippen LogP contribution in [0, 0.1) is 0 Å². The Morgan fingerprint density at radius 1 is 0.318 bits per heavy atom. The minimum Gasteiger partial charge on any atom is -0.466 e. The van der Waals surface area contributed by atoms with Crippen molar-refractivity contribution < 1.29 is 24.5 Å². The number of rotatable bonds is 75. The van der Waals surface area contributed by atoms with Crippen molar-refractivity contribution in [1.82, 2.24) is 5.32 Å². The van der Waals surface area contributed by atoms with Gasteiger partial charge in [-0.05, 0) is 32.1 Å². The van der Waals surface area contributed by atoms with Gasteiger partial charge in [-0.25, -0.2) is 0 Å². The Kier molecular flexibility index (Phi) is 73.8. The average molecular weight is 1200 g/mol. The Labute approximate surface area is 533 Å². The molecular weight excluding hydrogens is 1040 g/mol. The van der Waals surface area contributed by atoms with Crippen LogP contribution >= 0.6 is 0 Å². The van der Waals surface area contributed by atoms with E-state index in [1.54, 1.807) is 6.08 Å². The molecule has 0 radical (unpaired) electrons. The first-order chi connectivity index (χ1) is 42.0. The number of nitrogens with one attached hydrogen (secondary N) is 1. The average Bonchev–Trinajstić information content (AvgIpc) is 3.51. The molecule has 3 N–H and O–H groups in total. The summed E-state index contributed by atoms with van der Waals surface area (Å²) in [4.78, 5) is 24.6. The molecule has 0 heterocycles. The van der Waals surface area contributed by atoms with Gasteiger partial charge in [-0.3, -0.25) is 9.59 Å². The van der Waals surface area contributed by atoms with Crippen LogP contribution in [-0.4, -0.2) is 47.4 Å². The summed E-state index contributed by atoms with van der Waals surface area (Å²) in [6.45, 7) is 4.96. The van der Waals surface area contributed by atoms with Gasteiger partial charge >= 0.3 is 5.97 Å². The second-order valence-electron chi connectivity index (χ2n) is 27.4. The van der Waals surface area contributed by atoms with Gasteiger partial charge in [0.05, 0.1) is 25.4 Å².